The van der Waals surface area contributed by atoms with Crippen LogP contribution in [-0.4, -0.2) is 59.7 Å². The zero-order valence-electron chi connectivity index (χ0n) is 15.2. The number of amides is 3. The first-order chi connectivity index (χ1) is 11.5. The third-order valence-electron chi connectivity index (χ3n) is 5.10. The van der Waals surface area contributed by atoms with Crippen molar-refractivity contribution >= 4 is 17.7 Å². The van der Waals surface area contributed by atoms with E-state index in [4.69, 9.17) is 0 Å². The first kappa shape index (κ1) is 18.7. The molecule has 0 aromatic rings. The van der Waals surface area contributed by atoms with E-state index in [-0.39, 0.29) is 29.6 Å². The van der Waals surface area contributed by atoms with Crippen molar-refractivity contribution < 1.29 is 14.4 Å². The lowest BCUT2D eigenvalue weighted by molar-refractivity contribution is -0.143. The summed E-state index contributed by atoms with van der Waals surface area (Å²) in [6.07, 6.45) is 4.08. The standard InChI is InChI=1S/C18H31N3O3/c1-4-6-15(22)19-16(13(3)5-2)18(24)21-11-9-20(10-12-21)17(23)14-7-8-14/h13-14,16H,4-12H2,1-3H3,(H,19,22). The fraction of sp³-hybridized carbons (Fsp3) is 0.833. The predicted octanol–water partition coefficient (Wildman–Crippen LogP) is 1.40. The Hall–Kier alpha value is -1.59. The Morgan fingerprint density at radius 3 is 2.12 bits per heavy atom. The summed E-state index contributed by atoms with van der Waals surface area (Å²) in [6.45, 7) is 8.33. The fourth-order valence-electron chi connectivity index (χ4n) is 3.09. The quantitative estimate of drug-likeness (QED) is 0.763. The summed E-state index contributed by atoms with van der Waals surface area (Å²) < 4.78 is 0. The molecule has 2 atom stereocenters. The van der Waals surface area contributed by atoms with Crippen LogP contribution in [0.1, 0.15) is 52.9 Å². The van der Waals surface area contributed by atoms with Gasteiger partial charge >= 0.3 is 0 Å². The van der Waals surface area contributed by atoms with Gasteiger partial charge in [0, 0.05) is 38.5 Å². The van der Waals surface area contributed by atoms with Gasteiger partial charge in [-0.3, -0.25) is 14.4 Å². The number of nitrogens with zero attached hydrogens (tertiary/aromatic N) is 2. The number of carbonyl (C=O) groups is 3. The van der Waals surface area contributed by atoms with Crippen LogP contribution in [0.25, 0.3) is 0 Å². The van der Waals surface area contributed by atoms with E-state index in [1.54, 1.807) is 4.90 Å². The average molecular weight is 337 g/mol. The maximum Gasteiger partial charge on any atom is 0.245 e. The lowest BCUT2D eigenvalue weighted by Crippen LogP contribution is -2.57. The van der Waals surface area contributed by atoms with Crippen LogP contribution in [0, 0.1) is 11.8 Å². The van der Waals surface area contributed by atoms with Crippen molar-refractivity contribution in [1.29, 1.82) is 0 Å². The monoisotopic (exact) mass is 337 g/mol. The molecule has 1 saturated heterocycles. The molecule has 2 rings (SSSR count). The van der Waals surface area contributed by atoms with E-state index in [1.165, 1.54) is 0 Å². The zero-order chi connectivity index (χ0) is 17.7. The molecule has 24 heavy (non-hydrogen) atoms. The molecule has 6 heteroatoms. The Balaban J connectivity index is 1.91. The van der Waals surface area contributed by atoms with Crippen molar-refractivity contribution in [3.8, 4) is 0 Å². The molecule has 1 N–H and O–H groups in total. The first-order valence-electron chi connectivity index (χ1n) is 9.34. The molecule has 1 heterocycles. The van der Waals surface area contributed by atoms with Crippen LogP contribution in [0.2, 0.25) is 0 Å². The van der Waals surface area contributed by atoms with Gasteiger partial charge in [0.05, 0.1) is 0 Å². The highest BCUT2D eigenvalue weighted by molar-refractivity contribution is 5.88. The van der Waals surface area contributed by atoms with Gasteiger partial charge in [0.1, 0.15) is 6.04 Å². The van der Waals surface area contributed by atoms with Crippen LogP contribution in [0.15, 0.2) is 0 Å². The maximum atomic E-state index is 12.9. The first-order valence-corrected chi connectivity index (χ1v) is 9.34. The predicted molar refractivity (Wildman–Crippen MR) is 92.2 cm³/mol. The Kier molecular flexibility index (Phi) is 6.63. The molecule has 0 radical (unpaired) electrons. The molecule has 0 spiro atoms. The SMILES string of the molecule is CCCC(=O)NC(C(=O)N1CCN(C(=O)C2CC2)CC1)C(C)CC. The van der Waals surface area contributed by atoms with Gasteiger partial charge in [0.25, 0.3) is 0 Å². The maximum absolute atomic E-state index is 12.9. The second-order valence-corrected chi connectivity index (χ2v) is 7.11. The minimum absolute atomic E-state index is 0.00711. The van der Waals surface area contributed by atoms with Crippen LogP contribution in [0.5, 0.6) is 0 Å². The highest BCUT2D eigenvalue weighted by Gasteiger charge is 2.36. The Labute approximate surface area is 144 Å². The van der Waals surface area contributed by atoms with Gasteiger partial charge in [-0.15, -0.1) is 0 Å². The highest BCUT2D eigenvalue weighted by atomic mass is 16.2. The van der Waals surface area contributed by atoms with Crippen molar-refractivity contribution in [1.82, 2.24) is 15.1 Å². The van der Waals surface area contributed by atoms with Crippen molar-refractivity contribution in [2.45, 2.75) is 58.9 Å². The van der Waals surface area contributed by atoms with Crippen LogP contribution in [-0.2, 0) is 14.4 Å². The van der Waals surface area contributed by atoms with E-state index in [1.807, 2.05) is 25.7 Å². The fourth-order valence-corrected chi connectivity index (χ4v) is 3.09. The van der Waals surface area contributed by atoms with Gasteiger partial charge in [-0.1, -0.05) is 27.2 Å². The Bertz CT molecular complexity index is 468. The summed E-state index contributed by atoms with van der Waals surface area (Å²) in [5.41, 5.74) is 0. The minimum Gasteiger partial charge on any atom is -0.344 e. The van der Waals surface area contributed by atoms with E-state index in [0.29, 0.717) is 32.6 Å². The minimum atomic E-state index is -0.459. The van der Waals surface area contributed by atoms with Gasteiger partial charge in [-0.2, -0.15) is 0 Å². The molecular formula is C18H31N3O3. The molecule has 1 aliphatic heterocycles. The molecule has 0 bridgehead atoms. The molecule has 2 fully saturated rings. The molecule has 1 aliphatic carbocycles. The molecular weight excluding hydrogens is 306 g/mol. The van der Waals surface area contributed by atoms with Gasteiger partial charge in [0.2, 0.25) is 17.7 Å². The Morgan fingerprint density at radius 1 is 1.04 bits per heavy atom. The largest absolute Gasteiger partial charge is 0.344 e. The smallest absolute Gasteiger partial charge is 0.245 e. The lowest BCUT2D eigenvalue weighted by atomic mass is 9.97. The summed E-state index contributed by atoms with van der Waals surface area (Å²) in [5.74, 6) is 0.515. The summed E-state index contributed by atoms with van der Waals surface area (Å²) >= 11 is 0. The van der Waals surface area contributed by atoms with Crippen LogP contribution >= 0.6 is 0 Å². The molecule has 3 amide bonds. The number of nitrogens with one attached hydrogen (secondary N) is 1. The topological polar surface area (TPSA) is 69.7 Å². The normalized spacial score (nSPS) is 20.5. The molecule has 2 unspecified atom stereocenters. The van der Waals surface area contributed by atoms with Crippen molar-refractivity contribution in [2.75, 3.05) is 26.2 Å². The van der Waals surface area contributed by atoms with Crippen molar-refractivity contribution in [2.24, 2.45) is 11.8 Å². The van der Waals surface area contributed by atoms with Crippen LogP contribution in [0.4, 0.5) is 0 Å². The summed E-state index contributed by atoms with van der Waals surface area (Å²) in [7, 11) is 0. The van der Waals surface area contributed by atoms with Gasteiger partial charge in [-0.05, 0) is 25.2 Å². The molecule has 0 aromatic heterocycles. The van der Waals surface area contributed by atoms with E-state index in [9.17, 15) is 14.4 Å². The third kappa shape index (κ3) is 4.71. The van der Waals surface area contributed by atoms with Gasteiger partial charge in [0.15, 0.2) is 0 Å². The molecule has 0 aromatic carbocycles. The average Bonchev–Trinajstić information content (AvgIpc) is 3.43. The van der Waals surface area contributed by atoms with Gasteiger partial charge < -0.3 is 15.1 Å². The summed E-state index contributed by atoms with van der Waals surface area (Å²) in [6, 6.07) is -0.459. The van der Waals surface area contributed by atoms with E-state index >= 15 is 0 Å². The number of piperazine rings is 1. The number of rotatable bonds is 7. The molecule has 136 valence electrons. The molecule has 1 saturated carbocycles. The summed E-state index contributed by atoms with van der Waals surface area (Å²) in [5, 5.41) is 2.92. The van der Waals surface area contributed by atoms with E-state index < -0.39 is 6.04 Å². The van der Waals surface area contributed by atoms with Crippen LogP contribution in [0.3, 0.4) is 0 Å². The van der Waals surface area contributed by atoms with E-state index in [2.05, 4.69) is 5.32 Å². The number of carbonyl (C=O) groups excluding carboxylic acids is 3. The second-order valence-electron chi connectivity index (χ2n) is 7.11. The third-order valence-corrected chi connectivity index (χ3v) is 5.10. The van der Waals surface area contributed by atoms with E-state index in [0.717, 1.165) is 25.7 Å². The number of hydrogen-bond acceptors (Lipinski definition) is 3. The van der Waals surface area contributed by atoms with Crippen molar-refractivity contribution in [3.05, 3.63) is 0 Å². The zero-order valence-corrected chi connectivity index (χ0v) is 15.2. The number of hydrogen-bond donors (Lipinski definition) is 1. The molecule has 6 nitrogen and oxygen atoms in total. The lowest BCUT2D eigenvalue weighted by Gasteiger charge is -2.37. The molecule has 2 aliphatic rings. The second kappa shape index (κ2) is 8.49. The van der Waals surface area contributed by atoms with Gasteiger partial charge in [-0.25, -0.2) is 0 Å². The van der Waals surface area contributed by atoms with Crippen molar-refractivity contribution in [3.63, 3.8) is 0 Å². The summed E-state index contributed by atoms with van der Waals surface area (Å²) in [4.78, 5) is 40.6. The Morgan fingerprint density at radius 2 is 1.62 bits per heavy atom. The van der Waals surface area contributed by atoms with Crippen LogP contribution < -0.4 is 5.32 Å². The highest BCUT2D eigenvalue weighted by Crippen LogP contribution is 2.31.